The number of aromatic amines is 1. The normalized spacial score (nSPS) is 31.1. The second kappa shape index (κ2) is 4.38. The molecule has 3 heterocycles. The van der Waals surface area contributed by atoms with Crippen LogP contribution in [0.1, 0.15) is 11.9 Å². The van der Waals surface area contributed by atoms with Crippen LogP contribution in [0.25, 0.3) is 11.2 Å². The SMILES string of the molecule is Nc1nc([C@@H]2O[C@@H](CO)[C@H](O)[C@H]2O)nc2nc[nH]c12. The number of H-pyrrole nitrogens is 1. The Kier molecular flexibility index (Phi) is 2.82. The van der Waals surface area contributed by atoms with E-state index in [1.54, 1.807) is 0 Å². The molecule has 2 aromatic heterocycles. The third kappa shape index (κ3) is 1.83. The van der Waals surface area contributed by atoms with E-state index in [4.69, 9.17) is 15.6 Å². The van der Waals surface area contributed by atoms with Gasteiger partial charge in [0.1, 0.15) is 29.9 Å². The fraction of sp³-hybridized carbons (Fsp3) is 0.500. The van der Waals surface area contributed by atoms with E-state index < -0.39 is 31.0 Å². The van der Waals surface area contributed by atoms with Gasteiger partial charge in [-0.2, -0.15) is 0 Å². The highest BCUT2D eigenvalue weighted by atomic mass is 16.6. The Morgan fingerprint density at radius 3 is 2.79 bits per heavy atom. The third-order valence-corrected chi connectivity index (χ3v) is 3.13. The van der Waals surface area contributed by atoms with Gasteiger partial charge in [0.15, 0.2) is 17.3 Å². The Bertz CT molecular complexity index is 603. The number of nitrogens with zero attached hydrogens (tertiary/aromatic N) is 3. The van der Waals surface area contributed by atoms with Crippen LogP contribution in [-0.4, -0.2) is 60.2 Å². The molecule has 0 radical (unpaired) electrons. The monoisotopic (exact) mass is 267 g/mol. The van der Waals surface area contributed by atoms with E-state index in [1.165, 1.54) is 6.33 Å². The summed E-state index contributed by atoms with van der Waals surface area (Å²) in [5.74, 6) is 0.301. The van der Waals surface area contributed by atoms with Gasteiger partial charge in [-0.1, -0.05) is 0 Å². The van der Waals surface area contributed by atoms with Crippen molar-refractivity contribution in [2.75, 3.05) is 12.3 Å². The molecule has 0 aliphatic carbocycles. The van der Waals surface area contributed by atoms with Crippen LogP contribution in [0.4, 0.5) is 5.82 Å². The van der Waals surface area contributed by atoms with Crippen molar-refractivity contribution in [2.24, 2.45) is 0 Å². The molecule has 102 valence electrons. The summed E-state index contributed by atoms with van der Waals surface area (Å²) < 4.78 is 5.33. The lowest BCUT2D eigenvalue weighted by Gasteiger charge is -2.13. The summed E-state index contributed by atoms with van der Waals surface area (Å²) in [6.07, 6.45) is -2.82. The first-order chi connectivity index (χ1) is 9.11. The average Bonchev–Trinajstić information content (AvgIpc) is 2.96. The maximum Gasteiger partial charge on any atom is 0.183 e. The van der Waals surface area contributed by atoms with E-state index in [0.717, 1.165) is 0 Å². The predicted octanol–water partition coefficient (Wildman–Crippen LogP) is -1.91. The van der Waals surface area contributed by atoms with Gasteiger partial charge in [-0.15, -0.1) is 0 Å². The van der Waals surface area contributed by atoms with Crippen LogP contribution in [0.15, 0.2) is 6.33 Å². The Balaban J connectivity index is 2.00. The number of aliphatic hydroxyl groups is 3. The topological polar surface area (TPSA) is 150 Å². The smallest absolute Gasteiger partial charge is 0.183 e. The van der Waals surface area contributed by atoms with Crippen molar-refractivity contribution in [3.63, 3.8) is 0 Å². The van der Waals surface area contributed by atoms with Crippen molar-refractivity contribution in [3.8, 4) is 0 Å². The number of fused-ring (bicyclic) bond motifs is 1. The Labute approximate surface area is 107 Å². The molecule has 1 saturated heterocycles. The summed E-state index contributed by atoms with van der Waals surface area (Å²) in [7, 11) is 0. The van der Waals surface area contributed by atoms with Crippen LogP contribution in [-0.2, 0) is 4.74 Å². The molecule has 6 N–H and O–H groups in total. The Morgan fingerprint density at radius 1 is 1.32 bits per heavy atom. The van der Waals surface area contributed by atoms with Crippen molar-refractivity contribution in [1.82, 2.24) is 19.9 Å². The van der Waals surface area contributed by atoms with Gasteiger partial charge in [0.05, 0.1) is 12.9 Å². The zero-order valence-electron chi connectivity index (χ0n) is 9.76. The summed E-state index contributed by atoms with van der Waals surface area (Å²) >= 11 is 0. The molecule has 0 aromatic carbocycles. The molecule has 3 rings (SSSR count). The maximum atomic E-state index is 9.89. The highest BCUT2D eigenvalue weighted by Gasteiger charge is 2.44. The molecule has 1 aliphatic rings. The molecule has 0 unspecified atom stereocenters. The van der Waals surface area contributed by atoms with E-state index in [9.17, 15) is 10.2 Å². The summed E-state index contributed by atoms with van der Waals surface area (Å²) in [6.45, 7) is -0.408. The van der Waals surface area contributed by atoms with E-state index >= 15 is 0 Å². The van der Waals surface area contributed by atoms with E-state index in [1.807, 2.05) is 0 Å². The van der Waals surface area contributed by atoms with Crippen LogP contribution >= 0.6 is 0 Å². The molecular formula is C10H13N5O4. The number of ether oxygens (including phenoxy) is 1. The molecule has 0 saturated carbocycles. The molecule has 9 nitrogen and oxygen atoms in total. The standard InChI is InChI=1S/C10H13N5O4/c11-8-4-9(13-2-12-4)15-10(14-8)7-6(18)5(17)3(1-16)19-7/h2-3,5-7,16-18H,1H2,(H3,11,12,13,14,15)/t3-,5-,6+,7+/m0/s1. The second-order valence-electron chi connectivity index (χ2n) is 4.33. The molecule has 9 heteroatoms. The number of aliphatic hydroxyl groups excluding tert-OH is 3. The number of rotatable bonds is 2. The summed E-state index contributed by atoms with van der Waals surface area (Å²) in [5.41, 5.74) is 6.59. The highest BCUT2D eigenvalue weighted by molar-refractivity contribution is 5.80. The fourth-order valence-electron chi connectivity index (χ4n) is 2.11. The molecule has 0 bridgehead atoms. The lowest BCUT2D eigenvalue weighted by molar-refractivity contribution is -0.0251. The molecule has 1 aliphatic heterocycles. The first-order valence-electron chi connectivity index (χ1n) is 5.70. The van der Waals surface area contributed by atoms with Crippen LogP contribution in [0.5, 0.6) is 0 Å². The Hall–Kier alpha value is -1.81. The van der Waals surface area contributed by atoms with Crippen molar-refractivity contribution >= 4 is 17.0 Å². The summed E-state index contributed by atoms with van der Waals surface area (Å²) in [6, 6.07) is 0. The minimum atomic E-state index is -1.23. The van der Waals surface area contributed by atoms with Crippen LogP contribution in [0.3, 0.4) is 0 Å². The quantitative estimate of drug-likeness (QED) is 0.423. The van der Waals surface area contributed by atoms with Crippen molar-refractivity contribution in [1.29, 1.82) is 0 Å². The first kappa shape index (κ1) is 12.2. The fourth-order valence-corrected chi connectivity index (χ4v) is 2.11. The number of hydrogen-bond donors (Lipinski definition) is 5. The predicted molar refractivity (Wildman–Crippen MR) is 62.8 cm³/mol. The molecular weight excluding hydrogens is 254 g/mol. The molecule has 19 heavy (non-hydrogen) atoms. The number of anilines is 1. The Morgan fingerprint density at radius 2 is 2.11 bits per heavy atom. The van der Waals surface area contributed by atoms with Gasteiger partial charge in [0, 0.05) is 0 Å². The van der Waals surface area contributed by atoms with Crippen LogP contribution < -0.4 is 5.73 Å². The van der Waals surface area contributed by atoms with Gasteiger partial charge >= 0.3 is 0 Å². The molecule has 0 spiro atoms. The number of imidazole rings is 1. The third-order valence-electron chi connectivity index (χ3n) is 3.13. The van der Waals surface area contributed by atoms with Crippen LogP contribution in [0.2, 0.25) is 0 Å². The lowest BCUT2D eigenvalue weighted by atomic mass is 10.1. The van der Waals surface area contributed by atoms with Gasteiger partial charge in [-0.3, -0.25) is 0 Å². The zero-order valence-corrected chi connectivity index (χ0v) is 9.76. The molecule has 2 aromatic rings. The lowest BCUT2D eigenvalue weighted by Crippen LogP contribution is -2.32. The second-order valence-corrected chi connectivity index (χ2v) is 4.33. The minimum Gasteiger partial charge on any atom is -0.394 e. The molecule has 1 fully saturated rings. The maximum absolute atomic E-state index is 9.89. The van der Waals surface area contributed by atoms with Gasteiger partial charge < -0.3 is 30.8 Å². The van der Waals surface area contributed by atoms with Gasteiger partial charge in [-0.25, -0.2) is 15.0 Å². The van der Waals surface area contributed by atoms with Crippen molar-refractivity contribution < 1.29 is 20.1 Å². The van der Waals surface area contributed by atoms with Crippen molar-refractivity contribution in [3.05, 3.63) is 12.2 Å². The number of hydrogen-bond acceptors (Lipinski definition) is 8. The highest BCUT2D eigenvalue weighted by Crippen LogP contribution is 2.32. The average molecular weight is 267 g/mol. The van der Waals surface area contributed by atoms with Crippen molar-refractivity contribution in [2.45, 2.75) is 24.4 Å². The molecule has 0 amide bonds. The minimum absolute atomic E-state index is 0.125. The number of nitrogens with two attached hydrogens (primary N) is 1. The van der Waals surface area contributed by atoms with Gasteiger partial charge in [0.25, 0.3) is 0 Å². The van der Waals surface area contributed by atoms with E-state index in [-0.39, 0.29) is 11.6 Å². The summed E-state index contributed by atoms with van der Waals surface area (Å²) in [5, 5.41) is 28.6. The molecule has 4 atom stereocenters. The summed E-state index contributed by atoms with van der Waals surface area (Å²) in [4.78, 5) is 14.9. The van der Waals surface area contributed by atoms with Gasteiger partial charge in [0.2, 0.25) is 0 Å². The largest absolute Gasteiger partial charge is 0.394 e. The number of nitrogen functional groups attached to an aromatic ring is 1. The first-order valence-corrected chi connectivity index (χ1v) is 5.70. The number of nitrogens with one attached hydrogen (secondary N) is 1. The van der Waals surface area contributed by atoms with E-state index in [2.05, 4.69) is 19.9 Å². The van der Waals surface area contributed by atoms with E-state index in [0.29, 0.717) is 11.2 Å². The number of aromatic nitrogens is 4. The zero-order chi connectivity index (χ0) is 13.6. The van der Waals surface area contributed by atoms with Gasteiger partial charge in [-0.05, 0) is 0 Å². The van der Waals surface area contributed by atoms with Crippen LogP contribution in [0, 0.1) is 0 Å².